The number of hydrogen-bond donors (Lipinski definition) is 1. The molecule has 14 heavy (non-hydrogen) atoms. The molecule has 0 spiro atoms. The first-order valence-corrected chi connectivity index (χ1v) is 5.10. The van der Waals surface area contributed by atoms with Crippen molar-refractivity contribution in [1.29, 1.82) is 0 Å². The van der Waals surface area contributed by atoms with Gasteiger partial charge in [0.15, 0.2) is 0 Å². The van der Waals surface area contributed by atoms with Crippen LogP contribution in [0, 0.1) is 0 Å². The lowest BCUT2D eigenvalue weighted by Gasteiger charge is -2.12. The summed E-state index contributed by atoms with van der Waals surface area (Å²) in [6.07, 6.45) is 1.69. The third-order valence-corrected chi connectivity index (χ3v) is 2.67. The van der Waals surface area contributed by atoms with Gasteiger partial charge in [-0.2, -0.15) is 0 Å². The topological polar surface area (TPSA) is 29.5 Å². The SMILES string of the molecule is C=CCC(O)c1cc(OC)ccc1Br. The van der Waals surface area contributed by atoms with E-state index in [0.717, 1.165) is 15.8 Å². The molecule has 1 aromatic rings. The number of halogens is 1. The van der Waals surface area contributed by atoms with Crippen LogP contribution in [0.1, 0.15) is 18.1 Å². The average molecular weight is 257 g/mol. The van der Waals surface area contributed by atoms with Gasteiger partial charge in [-0.15, -0.1) is 6.58 Å². The molecule has 1 aromatic carbocycles. The number of hydrogen-bond acceptors (Lipinski definition) is 2. The average Bonchev–Trinajstić information content (AvgIpc) is 2.19. The van der Waals surface area contributed by atoms with Crippen LogP contribution in [-0.4, -0.2) is 12.2 Å². The monoisotopic (exact) mass is 256 g/mol. The normalized spacial score (nSPS) is 12.2. The summed E-state index contributed by atoms with van der Waals surface area (Å²) in [5, 5.41) is 9.76. The Morgan fingerprint density at radius 2 is 2.36 bits per heavy atom. The predicted octanol–water partition coefficient (Wildman–Crippen LogP) is 3.07. The Labute approximate surface area is 92.3 Å². The third kappa shape index (κ3) is 2.59. The van der Waals surface area contributed by atoms with E-state index in [2.05, 4.69) is 22.5 Å². The van der Waals surface area contributed by atoms with Crippen molar-refractivity contribution in [3.05, 3.63) is 40.9 Å². The van der Waals surface area contributed by atoms with Gasteiger partial charge in [0.2, 0.25) is 0 Å². The molecule has 0 saturated heterocycles. The van der Waals surface area contributed by atoms with Crippen molar-refractivity contribution in [2.24, 2.45) is 0 Å². The van der Waals surface area contributed by atoms with Crippen LogP contribution in [0.2, 0.25) is 0 Å². The summed E-state index contributed by atoms with van der Waals surface area (Å²) in [5.74, 6) is 0.742. The zero-order chi connectivity index (χ0) is 10.6. The van der Waals surface area contributed by atoms with Gasteiger partial charge in [-0.25, -0.2) is 0 Å². The number of benzene rings is 1. The van der Waals surface area contributed by atoms with E-state index in [1.807, 2.05) is 18.2 Å². The summed E-state index contributed by atoms with van der Waals surface area (Å²) in [6, 6.07) is 5.52. The second kappa shape index (κ2) is 5.17. The van der Waals surface area contributed by atoms with E-state index in [1.165, 1.54) is 0 Å². The lowest BCUT2D eigenvalue weighted by molar-refractivity contribution is 0.180. The first-order chi connectivity index (χ1) is 6.69. The summed E-state index contributed by atoms with van der Waals surface area (Å²) < 4.78 is 5.96. The van der Waals surface area contributed by atoms with Crippen LogP contribution >= 0.6 is 15.9 Å². The van der Waals surface area contributed by atoms with Crippen LogP contribution in [0.15, 0.2) is 35.3 Å². The Kier molecular flexibility index (Phi) is 4.17. The molecule has 2 nitrogen and oxygen atoms in total. The Balaban J connectivity index is 2.98. The van der Waals surface area contributed by atoms with Gasteiger partial charge < -0.3 is 9.84 Å². The molecule has 1 N–H and O–H groups in total. The Bertz CT molecular complexity index is 323. The van der Waals surface area contributed by atoms with Crippen molar-refractivity contribution in [3.8, 4) is 5.75 Å². The van der Waals surface area contributed by atoms with Crippen LogP contribution in [0.5, 0.6) is 5.75 Å². The third-order valence-electron chi connectivity index (χ3n) is 1.95. The fourth-order valence-electron chi connectivity index (χ4n) is 1.19. The van der Waals surface area contributed by atoms with Crippen LogP contribution < -0.4 is 4.74 Å². The zero-order valence-electron chi connectivity index (χ0n) is 8.03. The van der Waals surface area contributed by atoms with Crippen molar-refractivity contribution in [3.63, 3.8) is 0 Å². The Morgan fingerprint density at radius 1 is 1.64 bits per heavy atom. The highest BCUT2D eigenvalue weighted by Gasteiger charge is 2.10. The van der Waals surface area contributed by atoms with Gasteiger partial charge >= 0.3 is 0 Å². The summed E-state index contributed by atoms with van der Waals surface area (Å²) >= 11 is 3.38. The van der Waals surface area contributed by atoms with Crippen molar-refractivity contribution in [1.82, 2.24) is 0 Å². The van der Waals surface area contributed by atoms with Gasteiger partial charge in [0, 0.05) is 4.47 Å². The molecule has 0 aromatic heterocycles. The van der Waals surface area contributed by atoms with Crippen LogP contribution in [0.3, 0.4) is 0 Å². The van der Waals surface area contributed by atoms with Gasteiger partial charge in [-0.05, 0) is 30.2 Å². The van der Waals surface area contributed by atoms with Crippen molar-refractivity contribution in [2.75, 3.05) is 7.11 Å². The molecular weight excluding hydrogens is 244 g/mol. The van der Waals surface area contributed by atoms with E-state index in [9.17, 15) is 5.11 Å². The molecule has 3 heteroatoms. The predicted molar refractivity (Wildman–Crippen MR) is 60.5 cm³/mol. The molecule has 0 radical (unpaired) electrons. The zero-order valence-corrected chi connectivity index (χ0v) is 9.62. The van der Waals surface area contributed by atoms with Crippen molar-refractivity contribution >= 4 is 15.9 Å². The fourth-order valence-corrected chi connectivity index (χ4v) is 1.70. The number of aliphatic hydroxyl groups is 1. The minimum Gasteiger partial charge on any atom is -0.497 e. The highest BCUT2D eigenvalue weighted by molar-refractivity contribution is 9.10. The van der Waals surface area contributed by atoms with Gasteiger partial charge in [-0.1, -0.05) is 22.0 Å². The lowest BCUT2D eigenvalue weighted by Crippen LogP contribution is -1.97. The van der Waals surface area contributed by atoms with Crippen molar-refractivity contribution < 1.29 is 9.84 Å². The molecule has 0 saturated carbocycles. The van der Waals surface area contributed by atoms with Gasteiger partial charge in [0.1, 0.15) is 5.75 Å². The molecule has 0 aliphatic rings. The lowest BCUT2D eigenvalue weighted by atomic mass is 10.1. The van der Waals surface area contributed by atoms with Crippen molar-refractivity contribution in [2.45, 2.75) is 12.5 Å². The maximum absolute atomic E-state index is 9.76. The van der Waals surface area contributed by atoms with Crippen LogP contribution in [-0.2, 0) is 0 Å². The standard InChI is InChI=1S/C11H13BrO2/c1-3-4-11(13)9-7-8(14-2)5-6-10(9)12/h3,5-7,11,13H,1,4H2,2H3. The number of rotatable bonds is 4. The first-order valence-electron chi connectivity index (χ1n) is 4.31. The molecule has 1 unspecified atom stereocenters. The molecule has 0 bridgehead atoms. The van der Waals surface area contributed by atoms with E-state index >= 15 is 0 Å². The largest absolute Gasteiger partial charge is 0.497 e. The molecule has 0 amide bonds. The first kappa shape index (κ1) is 11.3. The number of ether oxygens (including phenoxy) is 1. The number of aliphatic hydroxyl groups excluding tert-OH is 1. The Hall–Kier alpha value is -0.800. The highest BCUT2D eigenvalue weighted by Crippen LogP contribution is 2.29. The van der Waals surface area contributed by atoms with Gasteiger partial charge in [0.25, 0.3) is 0 Å². The highest BCUT2D eigenvalue weighted by atomic mass is 79.9. The minimum absolute atomic E-state index is 0.531. The number of methoxy groups -OCH3 is 1. The Morgan fingerprint density at radius 3 is 2.93 bits per heavy atom. The summed E-state index contributed by atoms with van der Waals surface area (Å²) in [5.41, 5.74) is 0.823. The van der Waals surface area contributed by atoms with E-state index in [4.69, 9.17) is 4.74 Å². The minimum atomic E-state index is -0.531. The maximum Gasteiger partial charge on any atom is 0.119 e. The summed E-state index contributed by atoms with van der Waals surface area (Å²) in [4.78, 5) is 0. The smallest absolute Gasteiger partial charge is 0.119 e. The van der Waals surface area contributed by atoms with Gasteiger partial charge in [0.05, 0.1) is 13.2 Å². The molecule has 0 fully saturated rings. The van der Waals surface area contributed by atoms with E-state index in [0.29, 0.717) is 6.42 Å². The molecule has 1 rings (SSSR count). The second-order valence-electron chi connectivity index (χ2n) is 2.93. The van der Waals surface area contributed by atoms with E-state index in [1.54, 1.807) is 13.2 Å². The van der Waals surface area contributed by atoms with Gasteiger partial charge in [-0.3, -0.25) is 0 Å². The molecule has 1 atom stereocenters. The maximum atomic E-state index is 9.76. The second-order valence-corrected chi connectivity index (χ2v) is 3.78. The van der Waals surface area contributed by atoms with Crippen LogP contribution in [0.4, 0.5) is 0 Å². The summed E-state index contributed by atoms with van der Waals surface area (Å²) in [7, 11) is 1.60. The van der Waals surface area contributed by atoms with Crippen LogP contribution in [0.25, 0.3) is 0 Å². The molecule has 0 heterocycles. The fraction of sp³-hybridized carbons (Fsp3) is 0.273. The molecule has 76 valence electrons. The van der Waals surface area contributed by atoms with E-state index in [-0.39, 0.29) is 0 Å². The quantitative estimate of drug-likeness (QED) is 0.840. The summed E-state index contributed by atoms with van der Waals surface area (Å²) in [6.45, 7) is 3.59. The molecule has 0 aliphatic heterocycles. The molecular formula is C11H13BrO2. The molecule has 0 aliphatic carbocycles. The van der Waals surface area contributed by atoms with E-state index < -0.39 is 6.10 Å².